The van der Waals surface area contributed by atoms with Crippen LogP contribution in [0.2, 0.25) is 0 Å². The smallest absolute Gasteiger partial charge is 0.341 e. The van der Waals surface area contributed by atoms with E-state index in [2.05, 4.69) is 0 Å². The molecule has 0 radical (unpaired) electrons. The van der Waals surface area contributed by atoms with E-state index in [4.69, 9.17) is 5.11 Å². The molecule has 0 aromatic heterocycles. The minimum Gasteiger partial charge on any atom is -0.477 e. The second-order valence-electron chi connectivity index (χ2n) is 1.71. The molecule has 0 saturated carbocycles. The van der Waals surface area contributed by atoms with E-state index in [1.54, 1.807) is 6.08 Å². The molecular formula is C7H12O2S. The first-order valence-corrected chi connectivity index (χ1v) is 4.27. The van der Waals surface area contributed by atoms with Gasteiger partial charge in [0.05, 0.1) is 4.91 Å². The molecule has 0 spiro atoms. The number of carboxylic acid groups (broad SMARTS) is 1. The molecule has 2 nitrogen and oxygen atoms in total. The van der Waals surface area contributed by atoms with Gasteiger partial charge in [-0.3, -0.25) is 0 Å². The number of carbonyl (C=O) groups is 1. The summed E-state index contributed by atoms with van der Waals surface area (Å²) < 4.78 is 0. The Bertz CT molecular complexity index is 141. The monoisotopic (exact) mass is 160 g/mol. The third-order valence-electron chi connectivity index (χ3n) is 0.900. The average molecular weight is 160 g/mol. The zero-order valence-corrected chi connectivity index (χ0v) is 7.07. The number of aliphatic carboxylic acids is 1. The van der Waals surface area contributed by atoms with Gasteiger partial charge >= 0.3 is 5.97 Å². The van der Waals surface area contributed by atoms with Crippen LogP contribution in [-0.4, -0.2) is 16.8 Å². The van der Waals surface area contributed by atoms with E-state index in [0.717, 1.165) is 12.2 Å². The molecule has 0 bridgehead atoms. The standard InChI is InChI=1S/C7H12O2S/c1-3-5-6(7(8)9)10-4-2/h5H,3-4H2,1-2H3,(H,8,9)/b6-5+. The van der Waals surface area contributed by atoms with E-state index in [0.29, 0.717) is 4.91 Å². The van der Waals surface area contributed by atoms with Crippen molar-refractivity contribution in [2.75, 3.05) is 5.75 Å². The van der Waals surface area contributed by atoms with Crippen LogP contribution < -0.4 is 0 Å². The maximum atomic E-state index is 10.4. The summed E-state index contributed by atoms with van der Waals surface area (Å²) in [6, 6.07) is 0. The second kappa shape index (κ2) is 5.35. The van der Waals surface area contributed by atoms with Crippen molar-refractivity contribution in [3.05, 3.63) is 11.0 Å². The molecule has 0 rings (SSSR count). The van der Waals surface area contributed by atoms with Crippen LogP contribution in [0.25, 0.3) is 0 Å². The summed E-state index contributed by atoms with van der Waals surface area (Å²) in [6.45, 7) is 3.87. The molecule has 0 aromatic carbocycles. The van der Waals surface area contributed by atoms with Crippen LogP contribution in [0.15, 0.2) is 11.0 Å². The van der Waals surface area contributed by atoms with Gasteiger partial charge in [0.2, 0.25) is 0 Å². The Morgan fingerprint density at radius 1 is 1.60 bits per heavy atom. The largest absolute Gasteiger partial charge is 0.477 e. The van der Waals surface area contributed by atoms with Gasteiger partial charge in [0.1, 0.15) is 0 Å². The second-order valence-corrected chi connectivity index (χ2v) is 3.02. The molecule has 0 fully saturated rings. The Morgan fingerprint density at radius 3 is 2.50 bits per heavy atom. The van der Waals surface area contributed by atoms with Gasteiger partial charge in [0.25, 0.3) is 0 Å². The average Bonchev–Trinajstić information content (AvgIpc) is 1.87. The van der Waals surface area contributed by atoms with E-state index < -0.39 is 5.97 Å². The van der Waals surface area contributed by atoms with Gasteiger partial charge in [0, 0.05) is 0 Å². The molecule has 0 atom stereocenters. The molecule has 1 N–H and O–H groups in total. The summed E-state index contributed by atoms with van der Waals surface area (Å²) in [5, 5.41) is 8.55. The first-order valence-electron chi connectivity index (χ1n) is 3.28. The van der Waals surface area contributed by atoms with Crippen molar-refractivity contribution >= 4 is 17.7 Å². The summed E-state index contributed by atoms with van der Waals surface area (Å²) in [4.78, 5) is 10.9. The molecule has 0 saturated heterocycles. The van der Waals surface area contributed by atoms with Gasteiger partial charge in [0.15, 0.2) is 0 Å². The quantitative estimate of drug-likeness (QED) is 0.640. The minimum absolute atomic E-state index is 0.463. The van der Waals surface area contributed by atoms with Crippen molar-refractivity contribution in [1.82, 2.24) is 0 Å². The number of rotatable bonds is 4. The third-order valence-corrected chi connectivity index (χ3v) is 1.84. The molecule has 58 valence electrons. The van der Waals surface area contributed by atoms with E-state index in [1.165, 1.54) is 11.8 Å². The topological polar surface area (TPSA) is 37.3 Å². The summed E-state index contributed by atoms with van der Waals surface area (Å²) in [5.74, 6) is 0.00620. The summed E-state index contributed by atoms with van der Waals surface area (Å²) in [5.41, 5.74) is 0. The van der Waals surface area contributed by atoms with Crippen molar-refractivity contribution in [3.63, 3.8) is 0 Å². The molecule has 3 heteroatoms. The number of thioether (sulfide) groups is 1. The van der Waals surface area contributed by atoms with Gasteiger partial charge < -0.3 is 5.11 Å². The fourth-order valence-electron chi connectivity index (χ4n) is 0.549. The van der Waals surface area contributed by atoms with Gasteiger partial charge in [-0.2, -0.15) is 0 Å². The Hall–Kier alpha value is -0.440. The molecule has 0 aliphatic heterocycles. The highest BCUT2D eigenvalue weighted by atomic mass is 32.2. The molecule has 10 heavy (non-hydrogen) atoms. The predicted octanol–water partition coefficient (Wildman–Crippen LogP) is 2.12. The highest BCUT2D eigenvalue weighted by Gasteiger charge is 2.03. The van der Waals surface area contributed by atoms with Crippen LogP contribution >= 0.6 is 11.8 Å². The molecule has 0 heterocycles. The number of carboxylic acids is 1. The van der Waals surface area contributed by atoms with Gasteiger partial charge in [-0.1, -0.05) is 19.9 Å². The number of hydrogen-bond acceptors (Lipinski definition) is 2. The van der Waals surface area contributed by atoms with Crippen LogP contribution in [0.3, 0.4) is 0 Å². The number of hydrogen-bond donors (Lipinski definition) is 1. The Labute approximate surface area is 65.3 Å². The van der Waals surface area contributed by atoms with Gasteiger partial charge in [-0.25, -0.2) is 4.79 Å². The summed E-state index contributed by atoms with van der Waals surface area (Å²) in [7, 11) is 0. The van der Waals surface area contributed by atoms with Crippen LogP contribution in [0.1, 0.15) is 20.3 Å². The van der Waals surface area contributed by atoms with Crippen LogP contribution in [0, 0.1) is 0 Å². The van der Waals surface area contributed by atoms with Crippen molar-refractivity contribution in [1.29, 1.82) is 0 Å². The van der Waals surface area contributed by atoms with Crippen LogP contribution in [0.4, 0.5) is 0 Å². The van der Waals surface area contributed by atoms with Crippen LogP contribution in [-0.2, 0) is 4.79 Å². The Morgan fingerprint density at radius 2 is 2.20 bits per heavy atom. The minimum atomic E-state index is -0.811. The molecular weight excluding hydrogens is 148 g/mol. The molecule has 0 unspecified atom stereocenters. The third kappa shape index (κ3) is 3.56. The molecule has 0 amide bonds. The van der Waals surface area contributed by atoms with E-state index in [9.17, 15) is 4.79 Å². The lowest BCUT2D eigenvalue weighted by molar-refractivity contribution is -0.131. The van der Waals surface area contributed by atoms with Crippen molar-refractivity contribution < 1.29 is 9.90 Å². The maximum Gasteiger partial charge on any atom is 0.341 e. The number of allylic oxidation sites excluding steroid dienone is 1. The van der Waals surface area contributed by atoms with Gasteiger partial charge in [-0.05, 0) is 12.2 Å². The van der Waals surface area contributed by atoms with Gasteiger partial charge in [-0.15, -0.1) is 11.8 Å². The normalized spacial score (nSPS) is 11.6. The fraction of sp³-hybridized carbons (Fsp3) is 0.571. The Balaban J connectivity index is 3.98. The van der Waals surface area contributed by atoms with Crippen LogP contribution in [0.5, 0.6) is 0 Å². The maximum absolute atomic E-state index is 10.4. The van der Waals surface area contributed by atoms with E-state index in [-0.39, 0.29) is 0 Å². The fourth-order valence-corrected chi connectivity index (χ4v) is 1.27. The van der Waals surface area contributed by atoms with Crippen molar-refractivity contribution in [2.24, 2.45) is 0 Å². The molecule has 0 aromatic rings. The lowest BCUT2D eigenvalue weighted by Crippen LogP contribution is -1.96. The summed E-state index contributed by atoms with van der Waals surface area (Å²) >= 11 is 1.37. The first kappa shape index (κ1) is 9.56. The zero-order valence-electron chi connectivity index (χ0n) is 6.26. The predicted molar refractivity (Wildman–Crippen MR) is 44.1 cm³/mol. The molecule has 0 aliphatic rings. The first-order chi connectivity index (χ1) is 4.72. The van der Waals surface area contributed by atoms with E-state index in [1.807, 2.05) is 13.8 Å². The highest BCUT2D eigenvalue weighted by molar-refractivity contribution is 8.03. The zero-order chi connectivity index (χ0) is 7.98. The van der Waals surface area contributed by atoms with E-state index >= 15 is 0 Å². The summed E-state index contributed by atoms with van der Waals surface area (Å²) in [6.07, 6.45) is 2.52. The Kier molecular flexibility index (Phi) is 5.12. The lowest BCUT2D eigenvalue weighted by atomic mass is 10.4. The molecule has 0 aliphatic carbocycles. The van der Waals surface area contributed by atoms with Crippen molar-refractivity contribution in [3.8, 4) is 0 Å². The SMILES string of the molecule is CC/C=C(/SCC)C(=O)O. The van der Waals surface area contributed by atoms with Crippen molar-refractivity contribution in [2.45, 2.75) is 20.3 Å². The highest BCUT2D eigenvalue weighted by Crippen LogP contribution is 2.15. The lowest BCUT2D eigenvalue weighted by Gasteiger charge is -1.96.